The number of fused-ring (bicyclic) bond motifs is 1. The second-order valence-electron chi connectivity index (χ2n) is 3.58. The van der Waals surface area contributed by atoms with Crippen LogP contribution in [-0.2, 0) is 6.54 Å². The third-order valence-electron chi connectivity index (χ3n) is 2.55. The normalized spacial score (nSPS) is 11.2. The first-order valence-corrected chi connectivity index (χ1v) is 5.87. The maximum absolute atomic E-state index is 5.45. The fourth-order valence-corrected chi connectivity index (χ4v) is 2.20. The summed E-state index contributed by atoms with van der Waals surface area (Å²) >= 11 is 3.48. The molecule has 5 nitrogen and oxygen atoms in total. The summed E-state index contributed by atoms with van der Waals surface area (Å²) in [5, 5.41) is 5.00. The Balaban J connectivity index is 2.23. The van der Waals surface area contributed by atoms with Gasteiger partial charge < -0.3 is 15.2 Å². The van der Waals surface area contributed by atoms with E-state index in [4.69, 9.17) is 10.3 Å². The van der Waals surface area contributed by atoms with Gasteiger partial charge in [-0.15, -0.1) is 0 Å². The van der Waals surface area contributed by atoms with Gasteiger partial charge in [-0.1, -0.05) is 17.3 Å². The number of hydrogen-bond donors (Lipinski definition) is 2. The minimum atomic E-state index is 0.247. The van der Waals surface area contributed by atoms with Gasteiger partial charge in [0.05, 0.1) is 12.1 Å². The predicted molar refractivity (Wildman–Crippen MR) is 67.2 cm³/mol. The van der Waals surface area contributed by atoms with Gasteiger partial charge in [0.2, 0.25) is 11.7 Å². The number of nitrogens with two attached hydrogens (primary N) is 1. The van der Waals surface area contributed by atoms with Crippen LogP contribution in [0.15, 0.2) is 33.4 Å². The van der Waals surface area contributed by atoms with E-state index in [1.807, 2.05) is 24.4 Å². The third kappa shape index (κ3) is 1.65. The summed E-state index contributed by atoms with van der Waals surface area (Å²) in [5.74, 6) is 0.980. The van der Waals surface area contributed by atoms with Crippen molar-refractivity contribution in [1.82, 2.24) is 15.1 Å². The number of nitrogens with zero attached hydrogens (tertiary/aromatic N) is 2. The van der Waals surface area contributed by atoms with Crippen LogP contribution in [0.25, 0.3) is 22.3 Å². The first-order valence-electron chi connectivity index (χ1n) is 5.08. The van der Waals surface area contributed by atoms with Crippen molar-refractivity contribution in [2.75, 3.05) is 0 Å². The zero-order valence-electron chi connectivity index (χ0n) is 8.77. The number of para-hydroxylation sites is 1. The lowest BCUT2D eigenvalue weighted by Gasteiger charge is -1.97. The molecule has 0 saturated heterocycles. The van der Waals surface area contributed by atoms with Crippen LogP contribution in [0.5, 0.6) is 0 Å². The lowest BCUT2D eigenvalue weighted by Crippen LogP contribution is -1.95. The van der Waals surface area contributed by atoms with E-state index in [-0.39, 0.29) is 6.54 Å². The molecule has 0 fully saturated rings. The average molecular weight is 293 g/mol. The van der Waals surface area contributed by atoms with Crippen LogP contribution in [-0.4, -0.2) is 15.1 Å². The van der Waals surface area contributed by atoms with Crippen LogP contribution in [0.1, 0.15) is 5.89 Å². The van der Waals surface area contributed by atoms with Crippen LogP contribution < -0.4 is 5.73 Å². The van der Waals surface area contributed by atoms with E-state index in [2.05, 4.69) is 31.1 Å². The molecule has 1 aromatic carbocycles. The fraction of sp³-hybridized carbons (Fsp3) is 0.0909. The van der Waals surface area contributed by atoms with Gasteiger partial charge in [0.25, 0.3) is 0 Å². The molecular formula is C11H9BrN4O. The number of aromatic nitrogens is 3. The Labute approximate surface area is 105 Å². The van der Waals surface area contributed by atoms with Gasteiger partial charge in [-0.2, -0.15) is 4.98 Å². The van der Waals surface area contributed by atoms with E-state index in [0.717, 1.165) is 20.9 Å². The van der Waals surface area contributed by atoms with Crippen LogP contribution >= 0.6 is 15.9 Å². The fourth-order valence-electron chi connectivity index (χ4n) is 1.75. The number of benzene rings is 1. The Morgan fingerprint density at radius 3 is 3.06 bits per heavy atom. The Hall–Kier alpha value is -1.66. The molecule has 0 amide bonds. The summed E-state index contributed by atoms with van der Waals surface area (Å²) < 4.78 is 6.02. The Morgan fingerprint density at radius 2 is 2.29 bits per heavy atom. The van der Waals surface area contributed by atoms with Crippen LogP contribution in [0.2, 0.25) is 0 Å². The molecule has 0 aliphatic rings. The molecule has 3 rings (SSSR count). The third-order valence-corrected chi connectivity index (χ3v) is 3.20. The zero-order valence-corrected chi connectivity index (χ0v) is 10.4. The minimum absolute atomic E-state index is 0.247. The Morgan fingerprint density at radius 1 is 1.41 bits per heavy atom. The van der Waals surface area contributed by atoms with Crippen LogP contribution in [0.4, 0.5) is 0 Å². The predicted octanol–water partition coefficient (Wildman–Crippen LogP) is 2.44. The maximum Gasteiger partial charge on any atom is 0.240 e. The quantitative estimate of drug-likeness (QED) is 0.760. The molecule has 3 aromatic rings. The molecule has 0 aliphatic heterocycles. The summed E-state index contributed by atoms with van der Waals surface area (Å²) in [5.41, 5.74) is 7.32. The van der Waals surface area contributed by atoms with Crippen molar-refractivity contribution in [3.63, 3.8) is 0 Å². The molecule has 2 heterocycles. The highest BCUT2D eigenvalue weighted by molar-refractivity contribution is 9.10. The van der Waals surface area contributed by atoms with E-state index >= 15 is 0 Å². The summed E-state index contributed by atoms with van der Waals surface area (Å²) in [6.07, 6.45) is 1.89. The zero-order chi connectivity index (χ0) is 11.8. The van der Waals surface area contributed by atoms with Gasteiger partial charge in [-0.25, -0.2) is 0 Å². The lowest BCUT2D eigenvalue weighted by molar-refractivity contribution is 0.380. The van der Waals surface area contributed by atoms with Gasteiger partial charge in [0.1, 0.15) is 0 Å². The van der Waals surface area contributed by atoms with Crippen molar-refractivity contribution in [2.24, 2.45) is 5.73 Å². The van der Waals surface area contributed by atoms with Crippen molar-refractivity contribution >= 4 is 26.8 Å². The van der Waals surface area contributed by atoms with Gasteiger partial charge in [0, 0.05) is 21.6 Å². The first-order chi connectivity index (χ1) is 8.29. The molecule has 0 bridgehead atoms. The minimum Gasteiger partial charge on any atom is -0.359 e. The standard InChI is InChI=1S/C11H9BrN4O/c12-8-5-14-10-6(8)2-1-3-7(10)11-15-9(4-13)17-16-11/h1-3,5,14H,4,13H2. The molecule has 3 N–H and O–H groups in total. The second-order valence-corrected chi connectivity index (χ2v) is 4.43. The van der Waals surface area contributed by atoms with E-state index in [0.29, 0.717) is 11.7 Å². The summed E-state index contributed by atoms with van der Waals surface area (Å²) in [7, 11) is 0. The number of hydrogen-bond acceptors (Lipinski definition) is 4. The van der Waals surface area contributed by atoms with Crippen molar-refractivity contribution in [1.29, 1.82) is 0 Å². The molecule has 0 saturated carbocycles. The highest BCUT2D eigenvalue weighted by Gasteiger charge is 2.12. The smallest absolute Gasteiger partial charge is 0.240 e. The summed E-state index contributed by atoms with van der Waals surface area (Å²) in [6, 6.07) is 5.91. The number of rotatable bonds is 2. The van der Waals surface area contributed by atoms with Gasteiger partial charge in [-0.3, -0.25) is 0 Å². The number of aromatic amines is 1. The molecule has 17 heavy (non-hydrogen) atoms. The molecule has 0 radical (unpaired) electrons. The van der Waals surface area contributed by atoms with Gasteiger partial charge in [-0.05, 0) is 22.0 Å². The second kappa shape index (κ2) is 3.97. The van der Waals surface area contributed by atoms with E-state index in [9.17, 15) is 0 Å². The van der Waals surface area contributed by atoms with Crippen molar-refractivity contribution < 1.29 is 4.52 Å². The number of nitrogens with one attached hydrogen (secondary N) is 1. The topological polar surface area (TPSA) is 80.7 Å². The Kier molecular flexibility index (Phi) is 2.45. The largest absolute Gasteiger partial charge is 0.359 e. The molecule has 0 atom stereocenters. The Bertz CT molecular complexity index is 673. The van der Waals surface area contributed by atoms with E-state index in [1.165, 1.54) is 0 Å². The maximum atomic E-state index is 5.45. The molecule has 6 heteroatoms. The molecular weight excluding hydrogens is 284 g/mol. The molecule has 86 valence electrons. The molecule has 2 aromatic heterocycles. The molecule has 0 unspecified atom stereocenters. The molecule has 0 aliphatic carbocycles. The van der Waals surface area contributed by atoms with Gasteiger partial charge in [0.15, 0.2) is 0 Å². The highest BCUT2D eigenvalue weighted by atomic mass is 79.9. The summed E-state index contributed by atoms with van der Waals surface area (Å²) in [4.78, 5) is 7.40. The molecule has 0 spiro atoms. The SMILES string of the molecule is NCc1nc(-c2cccc3c(Br)c[nH]c23)no1. The monoisotopic (exact) mass is 292 g/mol. The van der Waals surface area contributed by atoms with Crippen LogP contribution in [0.3, 0.4) is 0 Å². The van der Waals surface area contributed by atoms with Crippen molar-refractivity contribution in [3.05, 3.63) is 34.8 Å². The van der Waals surface area contributed by atoms with E-state index < -0.39 is 0 Å². The average Bonchev–Trinajstić information content (AvgIpc) is 2.96. The van der Waals surface area contributed by atoms with Crippen molar-refractivity contribution in [3.8, 4) is 11.4 Å². The van der Waals surface area contributed by atoms with E-state index in [1.54, 1.807) is 0 Å². The number of H-pyrrole nitrogens is 1. The first kappa shape index (κ1) is 10.5. The van der Waals surface area contributed by atoms with Crippen LogP contribution in [0, 0.1) is 0 Å². The number of halogens is 1. The highest BCUT2D eigenvalue weighted by Crippen LogP contribution is 2.30. The van der Waals surface area contributed by atoms with Gasteiger partial charge >= 0.3 is 0 Å². The van der Waals surface area contributed by atoms with Crippen molar-refractivity contribution in [2.45, 2.75) is 6.54 Å². The summed E-state index contributed by atoms with van der Waals surface area (Å²) in [6.45, 7) is 0.247. The lowest BCUT2D eigenvalue weighted by atomic mass is 10.1.